The smallest absolute Gasteiger partial charge is 0.144 e. The molecule has 0 unspecified atom stereocenters. The first kappa shape index (κ1) is 11.3. The molecule has 5 heteroatoms. The van der Waals surface area contributed by atoms with Gasteiger partial charge in [-0.25, -0.2) is 4.98 Å². The van der Waals surface area contributed by atoms with Crippen LogP contribution in [-0.2, 0) is 20.1 Å². The summed E-state index contributed by atoms with van der Waals surface area (Å²) in [6, 6.07) is 7.77. The minimum atomic E-state index is 0.473. The molecule has 0 aliphatic carbocycles. The largest absolute Gasteiger partial charge is 0.307 e. The van der Waals surface area contributed by atoms with Gasteiger partial charge in [0.15, 0.2) is 0 Å². The molecule has 17 heavy (non-hydrogen) atoms. The quantitative estimate of drug-likeness (QED) is 0.845. The van der Waals surface area contributed by atoms with Gasteiger partial charge in [0.2, 0.25) is 0 Å². The van der Waals surface area contributed by atoms with E-state index in [4.69, 9.17) is 5.26 Å². The van der Waals surface area contributed by atoms with Crippen molar-refractivity contribution in [2.45, 2.75) is 13.1 Å². The Balaban J connectivity index is 1.92. The molecule has 0 aliphatic heterocycles. The first-order valence-electron chi connectivity index (χ1n) is 5.33. The Labute approximate surface area is 99.7 Å². The van der Waals surface area contributed by atoms with Gasteiger partial charge >= 0.3 is 0 Å². The van der Waals surface area contributed by atoms with E-state index in [1.165, 1.54) is 0 Å². The van der Waals surface area contributed by atoms with E-state index in [1.807, 2.05) is 31.4 Å². The standard InChI is InChI=1S/C12H13N5/c1-17-6-4-11(16-17)9-14-8-10-3-2-5-15-12(10)7-13/h2-6,14H,8-9H2,1H3. The minimum absolute atomic E-state index is 0.473. The predicted molar refractivity (Wildman–Crippen MR) is 62.7 cm³/mol. The van der Waals surface area contributed by atoms with Crippen molar-refractivity contribution >= 4 is 0 Å². The van der Waals surface area contributed by atoms with Crippen LogP contribution in [0.1, 0.15) is 17.0 Å². The normalized spacial score (nSPS) is 10.1. The van der Waals surface area contributed by atoms with E-state index >= 15 is 0 Å². The maximum atomic E-state index is 8.88. The molecular weight excluding hydrogens is 214 g/mol. The summed E-state index contributed by atoms with van der Waals surface area (Å²) in [5.41, 5.74) is 2.36. The summed E-state index contributed by atoms with van der Waals surface area (Å²) in [4.78, 5) is 4.01. The molecule has 1 N–H and O–H groups in total. The van der Waals surface area contributed by atoms with Gasteiger partial charge in [-0.2, -0.15) is 10.4 Å². The van der Waals surface area contributed by atoms with E-state index in [0.29, 0.717) is 18.8 Å². The van der Waals surface area contributed by atoms with Crippen LogP contribution in [0.5, 0.6) is 0 Å². The molecule has 2 aromatic heterocycles. The van der Waals surface area contributed by atoms with Crippen LogP contribution < -0.4 is 5.32 Å². The summed E-state index contributed by atoms with van der Waals surface area (Å²) in [6.45, 7) is 1.30. The summed E-state index contributed by atoms with van der Waals surface area (Å²) in [6.07, 6.45) is 3.53. The highest BCUT2D eigenvalue weighted by Crippen LogP contribution is 2.03. The van der Waals surface area contributed by atoms with Crippen LogP contribution in [0.25, 0.3) is 0 Å². The molecule has 0 saturated carbocycles. The van der Waals surface area contributed by atoms with Gasteiger partial charge in [0.1, 0.15) is 11.8 Å². The molecule has 0 spiro atoms. The SMILES string of the molecule is Cn1ccc(CNCc2cccnc2C#N)n1. The van der Waals surface area contributed by atoms with Gasteiger partial charge in [0.05, 0.1) is 5.69 Å². The van der Waals surface area contributed by atoms with Crippen LogP contribution in [0, 0.1) is 11.3 Å². The molecule has 0 amide bonds. The van der Waals surface area contributed by atoms with Crippen LogP contribution >= 0.6 is 0 Å². The lowest BCUT2D eigenvalue weighted by Crippen LogP contribution is -2.14. The first-order valence-corrected chi connectivity index (χ1v) is 5.33. The maximum absolute atomic E-state index is 8.88. The zero-order valence-electron chi connectivity index (χ0n) is 9.59. The summed E-state index contributed by atoms with van der Waals surface area (Å²) in [7, 11) is 1.89. The van der Waals surface area contributed by atoms with Gasteiger partial charge < -0.3 is 5.32 Å². The summed E-state index contributed by atoms with van der Waals surface area (Å²) < 4.78 is 1.77. The van der Waals surface area contributed by atoms with Crippen LogP contribution in [0.4, 0.5) is 0 Å². The number of pyridine rings is 1. The lowest BCUT2D eigenvalue weighted by Gasteiger charge is -2.03. The van der Waals surface area contributed by atoms with Crippen molar-refractivity contribution in [3.63, 3.8) is 0 Å². The average molecular weight is 227 g/mol. The number of nitriles is 1. The highest BCUT2D eigenvalue weighted by atomic mass is 15.3. The molecule has 0 saturated heterocycles. The number of nitrogens with one attached hydrogen (secondary N) is 1. The molecule has 0 aliphatic rings. The predicted octanol–water partition coefficient (Wildman–Crippen LogP) is 0.977. The molecule has 2 aromatic rings. The molecule has 0 bridgehead atoms. The van der Waals surface area contributed by atoms with Crippen LogP contribution in [0.2, 0.25) is 0 Å². The van der Waals surface area contributed by atoms with E-state index in [2.05, 4.69) is 21.5 Å². The van der Waals surface area contributed by atoms with E-state index in [1.54, 1.807) is 10.9 Å². The number of rotatable bonds is 4. The van der Waals surface area contributed by atoms with Gasteiger partial charge in [0, 0.05) is 38.1 Å². The Morgan fingerprint density at radius 1 is 1.41 bits per heavy atom. The number of aromatic nitrogens is 3. The van der Waals surface area contributed by atoms with Gasteiger partial charge in [-0.3, -0.25) is 4.68 Å². The lowest BCUT2D eigenvalue weighted by molar-refractivity contribution is 0.654. The average Bonchev–Trinajstić information content (AvgIpc) is 2.76. The molecule has 0 radical (unpaired) electrons. The Bertz CT molecular complexity index is 538. The van der Waals surface area contributed by atoms with Gasteiger partial charge in [-0.05, 0) is 12.1 Å². The number of hydrogen-bond donors (Lipinski definition) is 1. The Kier molecular flexibility index (Phi) is 3.48. The minimum Gasteiger partial charge on any atom is -0.307 e. The molecule has 5 nitrogen and oxygen atoms in total. The van der Waals surface area contributed by atoms with Gasteiger partial charge in [-0.1, -0.05) is 6.07 Å². The Hall–Kier alpha value is -2.19. The van der Waals surface area contributed by atoms with Gasteiger partial charge in [0.25, 0.3) is 0 Å². The third kappa shape index (κ3) is 2.89. The monoisotopic (exact) mass is 227 g/mol. The summed E-state index contributed by atoms with van der Waals surface area (Å²) in [5.74, 6) is 0. The second-order valence-electron chi connectivity index (χ2n) is 3.71. The van der Waals surface area contributed by atoms with Gasteiger partial charge in [-0.15, -0.1) is 0 Å². The van der Waals surface area contributed by atoms with Crippen molar-refractivity contribution < 1.29 is 0 Å². The molecule has 2 heterocycles. The van der Waals surface area contributed by atoms with E-state index in [0.717, 1.165) is 11.3 Å². The topological polar surface area (TPSA) is 66.5 Å². The molecule has 0 atom stereocenters. The zero-order chi connectivity index (χ0) is 12.1. The molecule has 2 rings (SSSR count). The lowest BCUT2D eigenvalue weighted by atomic mass is 10.2. The highest BCUT2D eigenvalue weighted by Gasteiger charge is 2.02. The van der Waals surface area contributed by atoms with Crippen molar-refractivity contribution in [1.82, 2.24) is 20.1 Å². The van der Waals surface area contributed by atoms with Crippen molar-refractivity contribution in [3.8, 4) is 6.07 Å². The fourth-order valence-corrected chi connectivity index (χ4v) is 1.56. The van der Waals surface area contributed by atoms with Crippen LogP contribution in [0.3, 0.4) is 0 Å². The second-order valence-corrected chi connectivity index (χ2v) is 3.71. The second kappa shape index (κ2) is 5.23. The zero-order valence-corrected chi connectivity index (χ0v) is 9.59. The summed E-state index contributed by atoms with van der Waals surface area (Å²) in [5, 5.41) is 16.4. The highest BCUT2D eigenvalue weighted by molar-refractivity contribution is 5.30. The third-order valence-corrected chi connectivity index (χ3v) is 2.39. The molecular formula is C12H13N5. The van der Waals surface area contributed by atoms with Crippen LogP contribution in [0.15, 0.2) is 30.6 Å². The van der Waals surface area contributed by atoms with E-state index in [9.17, 15) is 0 Å². The summed E-state index contributed by atoms with van der Waals surface area (Å²) >= 11 is 0. The Morgan fingerprint density at radius 3 is 3.00 bits per heavy atom. The van der Waals surface area contributed by atoms with E-state index < -0.39 is 0 Å². The fourth-order valence-electron chi connectivity index (χ4n) is 1.56. The molecule has 86 valence electrons. The van der Waals surface area contributed by atoms with Crippen molar-refractivity contribution in [2.75, 3.05) is 0 Å². The molecule has 0 aromatic carbocycles. The first-order chi connectivity index (χ1) is 8.29. The number of aryl methyl sites for hydroxylation is 1. The number of nitrogens with zero attached hydrogens (tertiary/aromatic N) is 4. The van der Waals surface area contributed by atoms with Crippen molar-refractivity contribution in [2.24, 2.45) is 7.05 Å². The van der Waals surface area contributed by atoms with Crippen molar-refractivity contribution in [3.05, 3.63) is 47.5 Å². The molecule has 0 fully saturated rings. The third-order valence-electron chi connectivity index (χ3n) is 2.39. The van der Waals surface area contributed by atoms with Crippen molar-refractivity contribution in [1.29, 1.82) is 5.26 Å². The fraction of sp³-hybridized carbons (Fsp3) is 0.250. The maximum Gasteiger partial charge on any atom is 0.144 e. The Morgan fingerprint density at radius 2 is 2.29 bits per heavy atom. The number of hydrogen-bond acceptors (Lipinski definition) is 4. The van der Waals surface area contributed by atoms with E-state index in [-0.39, 0.29) is 0 Å². The van der Waals surface area contributed by atoms with Crippen LogP contribution in [-0.4, -0.2) is 14.8 Å².